The van der Waals surface area contributed by atoms with Gasteiger partial charge in [0.25, 0.3) is 11.8 Å². The summed E-state index contributed by atoms with van der Waals surface area (Å²) in [5.41, 5.74) is 0.803. The number of carbonyl (C=O) groups is 3. The van der Waals surface area contributed by atoms with Crippen molar-refractivity contribution < 1.29 is 28.2 Å². The normalized spacial score (nSPS) is 14.1. The van der Waals surface area contributed by atoms with Gasteiger partial charge in [-0.05, 0) is 68.1 Å². The van der Waals surface area contributed by atoms with E-state index in [2.05, 4.69) is 5.32 Å². The summed E-state index contributed by atoms with van der Waals surface area (Å²) in [6.45, 7) is 3.56. The molecule has 0 atom stereocenters. The molecule has 0 unspecified atom stereocenters. The van der Waals surface area contributed by atoms with E-state index in [0.29, 0.717) is 36.5 Å². The van der Waals surface area contributed by atoms with Gasteiger partial charge >= 0.3 is 6.16 Å². The van der Waals surface area contributed by atoms with Gasteiger partial charge in [-0.3, -0.25) is 9.59 Å². The molecule has 2 aromatic carbocycles. The van der Waals surface area contributed by atoms with E-state index in [1.807, 2.05) is 0 Å². The van der Waals surface area contributed by atoms with E-state index >= 15 is 0 Å². The van der Waals surface area contributed by atoms with Crippen molar-refractivity contribution >= 4 is 18.0 Å². The second-order valence-electron chi connectivity index (χ2n) is 7.27. The van der Waals surface area contributed by atoms with E-state index in [4.69, 9.17) is 9.47 Å². The maximum atomic E-state index is 13.2. The minimum Gasteiger partial charge on any atom is -0.434 e. The van der Waals surface area contributed by atoms with Crippen molar-refractivity contribution in [3.05, 3.63) is 65.5 Å². The Morgan fingerprint density at radius 1 is 1.06 bits per heavy atom. The van der Waals surface area contributed by atoms with Crippen LogP contribution in [0.2, 0.25) is 0 Å². The number of piperidine rings is 1. The molecule has 1 aliphatic rings. The zero-order valence-corrected chi connectivity index (χ0v) is 17.3. The molecular formula is C23H25FN2O5. The first kappa shape index (κ1) is 22.3. The van der Waals surface area contributed by atoms with Crippen LogP contribution in [-0.4, -0.2) is 49.1 Å². The largest absolute Gasteiger partial charge is 0.513 e. The van der Waals surface area contributed by atoms with Crippen molar-refractivity contribution in [1.82, 2.24) is 10.2 Å². The van der Waals surface area contributed by atoms with Crippen LogP contribution in [0, 0.1) is 11.7 Å². The van der Waals surface area contributed by atoms with Crippen LogP contribution >= 0.6 is 0 Å². The Kier molecular flexibility index (Phi) is 7.59. The van der Waals surface area contributed by atoms with E-state index in [-0.39, 0.29) is 24.3 Å². The highest BCUT2D eigenvalue weighted by molar-refractivity contribution is 5.95. The van der Waals surface area contributed by atoms with Crippen LogP contribution < -0.4 is 10.1 Å². The summed E-state index contributed by atoms with van der Waals surface area (Å²) in [6, 6.07) is 11.9. The van der Waals surface area contributed by atoms with Gasteiger partial charge in [0.1, 0.15) is 11.6 Å². The smallest absolute Gasteiger partial charge is 0.434 e. The Hall–Kier alpha value is -3.42. The van der Waals surface area contributed by atoms with Crippen molar-refractivity contribution in [2.45, 2.75) is 19.8 Å². The lowest BCUT2D eigenvalue weighted by Crippen LogP contribution is -2.41. The van der Waals surface area contributed by atoms with Crippen LogP contribution in [0.25, 0.3) is 0 Å². The second kappa shape index (κ2) is 10.6. The summed E-state index contributed by atoms with van der Waals surface area (Å²) in [4.78, 5) is 38.0. The van der Waals surface area contributed by atoms with Gasteiger partial charge in [-0.25, -0.2) is 9.18 Å². The van der Waals surface area contributed by atoms with Crippen molar-refractivity contribution in [1.29, 1.82) is 0 Å². The summed E-state index contributed by atoms with van der Waals surface area (Å²) in [5, 5.41) is 2.84. The quantitative estimate of drug-likeness (QED) is 0.561. The number of rotatable bonds is 6. The predicted molar refractivity (Wildman–Crippen MR) is 111 cm³/mol. The first-order chi connectivity index (χ1) is 15.0. The Morgan fingerprint density at radius 3 is 2.42 bits per heavy atom. The third-order valence-electron chi connectivity index (χ3n) is 5.10. The molecular weight excluding hydrogens is 403 g/mol. The Morgan fingerprint density at radius 2 is 1.77 bits per heavy atom. The molecule has 2 amide bonds. The summed E-state index contributed by atoms with van der Waals surface area (Å²) in [6.07, 6.45) is 0.742. The van der Waals surface area contributed by atoms with Gasteiger partial charge in [0.2, 0.25) is 0 Å². The van der Waals surface area contributed by atoms with Crippen LogP contribution in [0.4, 0.5) is 9.18 Å². The molecule has 0 aliphatic carbocycles. The zero-order valence-electron chi connectivity index (χ0n) is 17.3. The zero-order chi connectivity index (χ0) is 22.2. The second-order valence-corrected chi connectivity index (χ2v) is 7.27. The number of nitrogens with one attached hydrogen (secondary N) is 1. The lowest BCUT2D eigenvalue weighted by Gasteiger charge is -2.32. The van der Waals surface area contributed by atoms with Gasteiger partial charge in [-0.15, -0.1) is 0 Å². The molecule has 7 nitrogen and oxygen atoms in total. The number of halogens is 1. The Balaban J connectivity index is 1.45. The topological polar surface area (TPSA) is 84.9 Å². The molecule has 31 heavy (non-hydrogen) atoms. The lowest BCUT2D eigenvalue weighted by atomic mass is 9.96. The Labute approximate surface area is 180 Å². The molecule has 3 rings (SSSR count). The summed E-state index contributed by atoms with van der Waals surface area (Å²) < 4.78 is 23.0. The Bertz CT molecular complexity index is 924. The summed E-state index contributed by atoms with van der Waals surface area (Å²) in [5.74, 6) is -0.280. The molecule has 0 spiro atoms. The van der Waals surface area contributed by atoms with E-state index in [0.717, 1.165) is 12.8 Å². The SMILES string of the molecule is CCOC(=O)Oc1ccc(C(=O)N2CCC(CNC(=O)c3cccc(F)c3)CC2)cc1. The molecule has 1 fully saturated rings. The average molecular weight is 428 g/mol. The highest BCUT2D eigenvalue weighted by atomic mass is 19.1. The molecule has 0 radical (unpaired) electrons. The molecule has 1 N–H and O–H groups in total. The number of amides is 2. The first-order valence-electron chi connectivity index (χ1n) is 10.2. The van der Waals surface area contributed by atoms with Gasteiger partial charge in [0, 0.05) is 30.8 Å². The van der Waals surface area contributed by atoms with Crippen LogP contribution in [0.3, 0.4) is 0 Å². The van der Waals surface area contributed by atoms with Gasteiger partial charge in [0.05, 0.1) is 6.61 Å². The molecule has 164 valence electrons. The van der Waals surface area contributed by atoms with Gasteiger partial charge in [-0.2, -0.15) is 0 Å². The fourth-order valence-electron chi connectivity index (χ4n) is 3.40. The summed E-state index contributed by atoms with van der Waals surface area (Å²) in [7, 11) is 0. The molecule has 8 heteroatoms. The molecule has 0 bridgehead atoms. The van der Waals surface area contributed by atoms with Crippen molar-refractivity contribution in [2.24, 2.45) is 5.92 Å². The maximum Gasteiger partial charge on any atom is 0.513 e. The highest BCUT2D eigenvalue weighted by Crippen LogP contribution is 2.20. The summed E-state index contributed by atoms with van der Waals surface area (Å²) >= 11 is 0. The van der Waals surface area contributed by atoms with E-state index in [1.165, 1.54) is 18.2 Å². The minimum absolute atomic E-state index is 0.0927. The number of ether oxygens (including phenoxy) is 2. The van der Waals surface area contributed by atoms with Crippen molar-refractivity contribution in [3.8, 4) is 5.75 Å². The first-order valence-corrected chi connectivity index (χ1v) is 10.2. The molecule has 1 saturated heterocycles. The number of nitrogens with zero attached hydrogens (tertiary/aromatic N) is 1. The van der Waals surface area contributed by atoms with Gasteiger partial charge in [-0.1, -0.05) is 6.07 Å². The lowest BCUT2D eigenvalue weighted by molar-refractivity contribution is 0.0684. The van der Waals surface area contributed by atoms with Crippen molar-refractivity contribution in [3.63, 3.8) is 0 Å². The standard InChI is InChI=1S/C23H25FN2O5/c1-2-30-23(29)31-20-8-6-17(7-9-20)22(28)26-12-10-16(11-13-26)15-25-21(27)18-4-3-5-19(24)14-18/h3-9,14,16H,2,10-13,15H2,1H3,(H,25,27). The molecule has 0 aromatic heterocycles. The van der Waals surface area contributed by atoms with Crippen LogP contribution in [0.1, 0.15) is 40.5 Å². The third kappa shape index (κ3) is 6.28. The van der Waals surface area contributed by atoms with Crippen LogP contribution in [-0.2, 0) is 4.74 Å². The molecule has 0 saturated carbocycles. The van der Waals surface area contributed by atoms with E-state index < -0.39 is 12.0 Å². The van der Waals surface area contributed by atoms with E-state index in [1.54, 1.807) is 42.2 Å². The highest BCUT2D eigenvalue weighted by Gasteiger charge is 2.24. The fraction of sp³-hybridized carbons (Fsp3) is 0.348. The number of hydrogen-bond acceptors (Lipinski definition) is 5. The van der Waals surface area contributed by atoms with Gasteiger partial charge in [0.15, 0.2) is 0 Å². The van der Waals surface area contributed by atoms with E-state index in [9.17, 15) is 18.8 Å². The molecule has 1 aliphatic heterocycles. The number of likely N-dealkylation sites (tertiary alicyclic amines) is 1. The van der Waals surface area contributed by atoms with Crippen LogP contribution in [0.5, 0.6) is 5.75 Å². The number of hydrogen-bond donors (Lipinski definition) is 1. The maximum absolute atomic E-state index is 13.2. The molecule has 1 heterocycles. The van der Waals surface area contributed by atoms with Gasteiger partial charge < -0.3 is 19.7 Å². The number of carbonyl (C=O) groups excluding carboxylic acids is 3. The third-order valence-corrected chi connectivity index (χ3v) is 5.10. The van der Waals surface area contributed by atoms with Crippen LogP contribution in [0.15, 0.2) is 48.5 Å². The fourth-order valence-corrected chi connectivity index (χ4v) is 3.40. The molecule has 2 aromatic rings. The van der Waals surface area contributed by atoms with Crippen molar-refractivity contribution in [2.75, 3.05) is 26.2 Å². The minimum atomic E-state index is -0.784. The predicted octanol–water partition coefficient (Wildman–Crippen LogP) is 3.64. The number of benzene rings is 2. The average Bonchev–Trinajstić information content (AvgIpc) is 2.78. The monoisotopic (exact) mass is 428 g/mol.